The van der Waals surface area contributed by atoms with Crippen LogP contribution in [0, 0.1) is 0 Å². The topological polar surface area (TPSA) is 34.1 Å². The minimum atomic E-state index is 0.712. The summed E-state index contributed by atoms with van der Waals surface area (Å²) in [6.45, 7) is 6.72. The fourth-order valence-electron chi connectivity index (χ4n) is 1.94. The molecule has 2 aromatic rings. The maximum atomic E-state index is 5.70. The Labute approximate surface area is 108 Å². The van der Waals surface area contributed by atoms with Gasteiger partial charge in [0, 0.05) is 18.1 Å². The molecule has 0 unspecified atom stereocenters. The molecule has 0 bridgehead atoms. The molecule has 0 spiro atoms. The predicted molar refractivity (Wildman–Crippen MR) is 74.9 cm³/mol. The van der Waals surface area contributed by atoms with E-state index >= 15 is 0 Å². The Morgan fingerprint density at radius 1 is 1.17 bits per heavy atom. The fraction of sp³-hybridized carbons (Fsp3) is 0.400. The number of hydrogen-bond donors (Lipinski definition) is 1. The lowest BCUT2D eigenvalue weighted by Gasteiger charge is -2.11. The second-order valence-electron chi connectivity index (χ2n) is 4.26. The maximum Gasteiger partial charge on any atom is 0.221 e. The quantitative estimate of drug-likeness (QED) is 0.847. The molecule has 1 heterocycles. The predicted octanol–water partition coefficient (Wildman–Crippen LogP) is 3.13. The van der Waals surface area contributed by atoms with Crippen LogP contribution in [0.5, 0.6) is 5.88 Å². The van der Waals surface area contributed by atoms with Crippen LogP contribution in [0.25, 0.3) is 10.8 Å². The van der Waals surface area contributed by atoms with Crippen molar-refractivity contribution in [1.82, 2.24) is 10.3 Å². The summed E-state index contributed by atoms with van der Waals surface area (Å²) in [4.78, 5) is 4.44. The number of fused-ring (bicyclic) bond motifs is 1. The third-order valence-corrected chi connectivity index (χ3v) is 2.85. The second kappa shape index (κ2) is 6.36. The standard InChI is InChI=1S/C15H20N2O/c1-3-9-18-15-14-8-6-5-7-13(14)12(11-17-15)10-16-4-2/h5-8,11,16H,3-4,9-10H2,1-2H3. The van der Waals surface area contributed by atoms with Gasteiger partial charge in [0.2, 0.25) is 5.88 Å². The molecule has 0 aliphatic rings. The smallest absolute Gasteiger partial charge is 0.221 e. The molecule has 0 saturated heterocycles. The summed E-state index contributed by atoms with van der Waals surface area (Å²) in [5.41, 5.74) is 1.22. The summed E-state index contributed by atoms with van der Waals surface area (Å²) in [6, 6.07) is 8.28. The minimum Gasteiger partial charge on any atom is -0.477 e. The monoisotopic (exact) mass is 244 g/mol. The maximum absolute atomic E-state index is 5.70. The van der Waals surface area contributed by atoms with Gasteiger partial charge in [-0.3, -0.25) is 0 Å². The largest absolute Gasteiger partial charge is 0.477 e. The van der Waals surface area contributed by atoms with Crippen molar-refractivity contribution in [1.29, 1.82) is 0 Å². The van der Waals surface area contributed by atoms with Gasteiger partial charge in [0.25, 0.3) is 0 Å². The van der Waals surface area contributed by atoms with Crippen molar-refractivity contribution in [3.63, 3.8) is 0 Å². The summed E-state index contributed by atoms with van der Waals surface area (Å²) in [5, 5.41) is 5.66. The van der Waals surface area contributed by atoms with Gasteiger partial charge in [-0.25, -0.2) is 4.98 Å². The number of nitrogens with zero attached hydrogens (tertiary/aromatic N) is 1. The van der Waals surface area contributed by atoms with Crippen LogP contribution in [-0.2, 0) is 6.54 Å². The Balaban J connectivity index is 2.38. The van der Waals surface area contributed by atoms with Crippen LogP contribution in [0.2, 0.25) is 0 Å². The summed E-state index contributed by atoms with van der Waals surface area (Å²) in [7, 11) is 0. The molecule has 0 radical (unpaired) electrons. The molecule has 0 atom stereocenters. The van der Waals surface area contributed by atoms with Crippen LogP contribution >= 0.6 is 0 Å². The van der Waals surface area contributed by atoms with Crippen molar-refractivity contribution in [2.24, 2.45) is 0 Å². The Morgan fingerprint density at radius 3 is 2.67 bits per heavy atom. The van der Waals surface area contributed by atoms with Gasteiger partial charge in [0.05, 0.1) is 6.61 Å². The molecule has 3 heteroatoms. The van der Waals surface area contributed by atoms with E-state index < -0.39 is 0 Å². The van der Waals surface area contributed by atoms with E-state index in [0.29, 0.717) is 6.61 Å². The number of benzene rings is 1. The van der Waals surface area contributed by atoms with Crippen molar-refractivity contribution < 1.29 is 4.74 Å². The Bertz CT molecular complexity index is 464. The van der Waals surface area contributed by atoms with Crippen LogP contribution in [0.15, 0.2) is 30.5 Å². The van der Waals surface area contributed by atoms with Crippen LogP contribution < -0.4 is 10.1 Å². The molecule has 3 nitrogen and oxygen atoms in total. The zero-order chi connectivity index (χ0) is 12.8. The van der Waals surface area contributed by atoms with Crippen molar-refractivity contribution in [3.05, 3.63) is 36.0 Å². The molecule has 0 amide bonds. The van der Waals surface area contributed by atoms with Gasteiger partial charge in [-0.15, -0.1) is 0 Å². The average molecular weight is 244 g/mol. The first-order valence-corrected chi connectivity index (χ1v) is 6.57. The van der Waals surface area contributed by atoms with E-state index in [2.05, 4.69) is 42.3 Å². The molecule has 0 fully saturated rings. The van der Waals surface area contributed by atoms with Crippen LogP contribution in [-0.4, -0.2) is 18.1 Å². The first-order valence-electron chi connectivity index (χ1n) is 6.57. The van der Waals surface area contributed by atoms with Gasteiger partial charge in [-0.05, 0) is 30.0 Å². The lowest BCUT2D eigenvalue weighted by Crippen LogP contribution is -2.12. The molecule has 0 saturated carbocycles. The second-order valence-corrected chi connectivity index (χ2v) is 4.26. The van der Waals surface area contributed by atoms with Crippen LogP contribution in [0.4, 0.5) is 0 Å². The first-order chi connectivity index (χ1) is 8.86. The summed E-state index contributed by atoms with van der Waals surface area (Å²) in [6.07, 6.45) is 2.91. The number of pyridine rings is 1. The lowest BCUT2D eigenvalue weighted by molar-refractivity contribution is 0.309. The highest BCUT2D eigenvalue weighted by molar-refractivity contribution is 5.89. The molecule has 96 valence electrons. The van der Waals surface area contributed by atoms with E-state index in [1.165, 1.54) is 10.9 Å². The van der Waals surface area contributed by atoms with Crippen molar-refractivity contribution in [2.75, 3.05) is 13.2 Å². The van der Waals surface area contributed by atoms with Gasteiger partial charge in [0.1, 0.15) is 0 Å². The van der Waals surface area contributed by atoms with E-state index in [4.69, 9.17) is 4.74 Å². The summed E-state index contributed by atoms with van der Waals surface area (Å²) < 4.78 is 5.70. The SMILES string of the molecule is CCCOc1ncc(CNCC)c2ccccc12. The summed E-state index contributed by atoms with van der Waals surface area (Å²) >= 11 is 0. The Morgan fingerprint density at radius 2 is 1.94 bits per heavy atom. The highest BCUT2D eigenvalue weighted by Crippen LogP contribution is 2.26. The number of aromatic nitrogens is 1. The van der Waals surface area contributed by atoms with Gasteiger partial charge < -0.3 is 10.1 Å². The lowest BCUT2D eigenvalue weighted by atomic mass is 10.1. The highest BCUT2D eigenvalue weighted by Gasteiger charge is 2.07. The van der Waals surface area contributed by atoms with Gasteiger partial charge in [-0.2, -0.15) is 0 Å². The van der Waals surface area contributed by atoms with Crippen molar-refractivity contribution in [2.45, 2.75) is 26.8 Å². The number of nitrogens with one attached hydrogen (secondary N) is 1. The van der Waals surface area contributed by atoms with E-state index in [-0.39, 0.29) is 0 Å². The minimum absolute atomic E-state index is 0.712. The molecule has 0 aliphatic carbocycles. The fourth-order valence-corrected chi connectivity index (χ4v) is 1.94. The normalized spacial score (nSPS) is 10.8. The number of hydrogen-bond acceptors (Lipinski definition) is 3. The zero-order valence-corrected chi connectivity index (χ0v) is 11.1. The van der Waals surface area contributed by atoms with Crippen molar-refractivity contribution in [3.8, 4) is 5.88 Å². The van der Waals surface area contributed by atoms with Crippen molar-refractivity contribution >= 4 is 10.8 Å². The van der Waals surface area contributed by atoms with Gasteiger partial charge in [0.15, 0.2) is 0 Å². The Kier molecular flexibility index (Phi) is 4.53. The van der Waals surface area contributed by atoms with Crippen LogP contribution in [0.1, 0.15) is 25.8 Å². The first kappa shape index (κ1) is 12.8. The Hall–Kier alpha value is -1.61. The van der Waals surface area contributed by atoms with E-state index in [0.717, 1.165) is 30.8 Å². The number of rotatable bonds is 6. The third kappa shape index (κ3) is 2.79. The molecule has 2 rings (SSSR count). The molecular formula is C15H20N2O. The molecule has 1 aromatic heterocycles. The average Bonchev–Trinajstić information content (AvgIpc) is 2.43. The highest BCUT2D eigenvalue weighted by atomic mass is 16.5. The summed E-state index contributed by atoms with van der Waals surface area (Å²) in [5.74, 6) is 0.743. The zero-order valence-electron chi connectivity index (χ0n) is 11.1. The van der Waals surface area contributed by atoms with Gasteiger partial charge in [-0.1, -0.05) is 32.0 Å². The third-order valence-electron chi connectivity index (χ3n) is 2.85. The van der Waals surface area contributed by atoms with Gasteiger partial charge >= 0.3 is 0 Å². The van der Waals surface area contributed by atoms with E-state index in [9.17, 15) is 0 Å². The molecular weight excluding hydrogens is 224 g/mol. The van der Waals surface area contributed by atoms with E-state index in [1.54, 1.807) is 0 Å². The van der Waals surface area contributed by atoms with E-state index in [1.807, 2.05) is 12.3 Å². The molecule has 0 aliphatic heterocycles. The molecule has 18 heavy (non-hydrogen) atoms. The van der Waals surface area contributed by atoms with Crippen LogP contribution in [0.3, 0.4) is 0 Å². The number of ether oxygens (including phenoxy) is 1. The molecule has 1 aromatic carbocycles. The molecule has 1 N–H and O–H groups in total.